The molecule has 1 aliphatic heterocycles. The van der Waals surface area contributed by atoms with Crippen LogP contribution in [0.1, 0.15) is 27.2 Å². The zero-order chi connectivity index (χ0) is 6.91. The monoisotopic (exact) mass is 125 g/mol. The van der Waals surface area contributed by atoms with Gasteiger partial charge >= 0.3 is 0 Å². The SMILES string of the molecule is CC1C=CCC(C)(C)N1. The van der Waals surface area contributed by atoms with Crippen LogP contribution >= 0.6 is 0 Å². The van der Waals surface area contributed by atoms with Crippen molar-refractivity contribution in [2.24, 2.45) is 0 Å². The van der Waals surface area contributed by atoms with Gasteiger partial charge in [0.15, 0.2) is 0 Å². The molecule has 0 aromatic rings. The van der Waals surface area contributed by atoms with Gasteiger partial charge in [-0.3, -0.25) is 0 Å². The second-order valence-corrected chi connectivity index (χ2v) is 3.45. The van der Waals surface area contributed by atoms with Gasteiger partial charge in [-0.05, 0) is 27.2 Å². The van der Waals surface area contributed by atoms with Crippen LogP contribution in [0.15, 0.2) is 12.2 Å². The van der Waals surface area contributed by atoms with E-state index in [4.69, 9.17) is 0 Å². The first kappa shape index (κ1) is 6.81. The van der Waals surface area contributed by atoms with Gasteiger partial charge in [0.25, 0.3) is 0 Å². The third-order valence-electron chi connectivity index (χ3n) is 1.67. The van der Waals surface area contributed by atoms with E-state index in [1.807, 2.05) is 0 Å². The lowest BCUT2D eigenvalue weighted by Crippen LogP contribution is -2.45. The number of rotatable bonds is 0. The molecule has 9 heavy (non-hydrogen) atoms. The van der Waals surface area contributed by atoms with Crippen LogP contribution in [0.4, 0.5) is 0 Å². The number of hydrogen-bond donors (Lipinski definition) is 1. The Morgan fingerprint density at radius 3 is 2.56 bits per heavy atom. The molecule has 0 spiro atoms. The summed E-state index contributed by atoms with van der Waals surface area (Å²) < 4.78 is 0. The van der Waals surface area contributed by atoms with E-state index in [-0.39, 0.29) is 0 Å². The van der Waals surface area contributed by atoms with Gasteiger partial charge in [0, 0.05) is 11.6 Å². The molecule has 1 N–H and O–H groups in total. The van der Waals surface area contributed by atoms with Gasteiger partial charge in [-0.2, -0.15) is 0 Å². The van der Waals surface area contributed by atoms with E-state index in [0.717, 1.165) is 6.42 Å². The molecule has 1 nitrogen and oxygen atoms in total. The third-order valence-corrected chi connectivity index (χ3v) is 1.67. The summed E-state index contributed by atoms with van der Waals surface area (Å²) in [6.07, 6.45) is 5.61. The van der Waals surface area contributed by atoms with Crippen LogP contribution in [0.2, 0.25) is 0 Å². The fraction of sp³-hybridized carbons (Fsp3) is 0.750. The fourth-order valence-electron chi connectivity index (χ4n) is 1.29. The average Bonchev–Trinajstić information content (AvgIpc) is 1.60. The van der Waals surface area contributed by atoms with Crippen LogP contribution in [0.25, 0.3) is 0 Å². The van der Waals surface area contributed by atoms with Crippen LogP contribution < -0.4 is 5.32 Å². The highest BCUT2D eigenvalue weighted by atomic mass is 15.0. The lowest BCUT2D eigenvalue weighted by Gasteiger charge is -2.31. The lowest BCUT2D eigenvalue weighted by atomic mass is 9.95. The second kappa shape index (κ2) is 2.14. The molecule has 0 saturated carbocycles. The maximum absolute atomic E-state index is 3.47. The van der Waals surface area contributed by atoms with Crippen molar-refractivity contribution in [1.82, 2.24) is 5.32 Å². The summed E-state index contributed by atoms with van der Waals surface area (Å²) in [6, 6.07) is 0.550. The smallest absolute Gasteiger partial charge is 0.0226 e. The first-order valence-corrected chi connectivity index (χ1v) is 3.54. The van der Waals surface area contributed by atoms with Gasteiger partial charge < -0.3 is 5.32 Å². The highest BCUT2D eigenvalue weighted by molar-refractivity contribution is 5.03. The maximum atomic E-state index is 3.47. The van der Waals surface area contributed by atoms with Gasteiger partial charge in [0.2, 0.25) is 0 Å². The van der Waals surface area contributed by atoms with Crippen molar-refractivity contribution in [2.45, 2.75) is 38.8 Å². The molecule has 1 aliphatic rings. The minimum Gasteiger partial charge on any atom is -0.306 e. The fourth-order valence-corrected chi connectivity index (χ4v) is 1.29. The molecule has 0 amide bonds. The van der Waals surface area contributed by atoms with Crippen LogP contribution in [0.5, 0.6) is 0 Å². The van der Waals surface area contributed by atoms with Crippen molar-refractivity contribution in [3.63, 3.8) is 0 Å². The quantitative estimate of drug-likeness (QED) is 0.486. The van der Waals surface area contributed by atoms with Gasteiger partial charge in [0.05, 0.1) is 0 Å². The van der Waals surface area contributed by atoms with Gasteiger partial charge in [-0.25, -0.2) is 0 Å². The first-order valence-electron chi connectivity index (χ1n) is 3.54. The van der Waals surface area contributed by atoms with Crippen molar-refractivity contribution in [3.05, 3.63) is 12.2 Å². The summed E-state index contributed by atoms with van der Waals surface area (Å²) in [4.78, 5) is 0. The van der Waals surface area contributed by atoms with Gasteiger partial charge in [0.1, 0.15) is 0 Å². The highest BCUT2D eigenvalue weighted by Crippen LogP contribution is 2.14. The van der Waals surface area contributed by atoms with Crippen molar-refractivity contribution in [2.75, 3.05) is 0 Å². The molecule has 1 unspecified atom stereocenters. The Hall–Kier alpha value is -0.300. The summed E-state index contributed by atoms with van der Waals surface area (Å²) >= 11 is 0. The Balaban J connectivity index is 2.58. The first-order chi connectivity index (χ1) is 4.10. The average molecular weight is 125 g/mol. The van der Waals surface area contributed by atoms with E-state index in [0.29, 0.717) is 11.6 Å². The molecule has 1 atom stereocenters. The normalized spacial score (nSPS) is 32.6. The standard InChI is InChI=1S/C8H15N/c1-7-5-4-6-8(2,3)9-7/h4-5,7,9H,6H2,1-3H3. The summed E-state index contributed by atoms with van der Waals surface area (Å²) in [5, 5.41) is 3.47. The third kappa shape index (κ3) is 1.83. The molecule has 0 bridgehead atoms. The molecule has 1 rings (SSSR count). The number of hydrogen-bond acceptors (Lipinski definition) is 1. The molecule has 0 fully saturated rings. The molecule has 0 saturated heterocycles. The van der Waals surface area contributed by atoms with Crippen molar-refractivity contribution >= 4 is 0 Å². The Labute approximate surface area is 57.1 Å². The topological polar surface area (TPSA) is 12.0 Å². The molecular formula is C8H15N. The second-order valence-electron chi connectivity index (χ2n) is 3.45. The molecule has 0 aromatic carbocycles. The van der Waals surface area contributed by atoms with Gasteiger partial charge in [-0.15, -0.1) is 0 Å². The zero-order valence-electron chi connectivity index (χ0n) is 6.44. The van der Waals surface area contributed by atoms with E-state index in [2.05, 4.69) is 38.2 Å². The number of nitrogens with one attached hydrogen (secondary N) is 1. The molecule has 1 heterocycles. The van der Waals surface area contributed by atoms with E-state index in [1.165, 1.54) is 0 Å². The van der Waals surface area contributed by atoms with Gasteiger partial charge in [-0.1, -0.05) is 12.2 Å². The van der Waals surface area contributed by atoms with E-state index in [1.54, 1.807) is 0 Å². The lowest BCUT2D eigenvalue weighted by molar-refractivity contribution is 0.357. The Morgan fingerprint density at radius 2 is 2.22 bits per heavy atom. The molecule has 0 aliphatic carbocycles. The van der Waals surface area contributed by atoms with Crippen LogP contribution in [0, 0.1) is 0 Å². The van der Waals surface area contributed by atoms with Crippen molar-refractivity contribution < 1.29 is 0 Å². The minimum absolute atomic E-state index is 0.314. The Kier molecular flexibility index (Phi) is 1.62. The molecule has 1 heteroatoms. The van der Waals surface area contributed by atoms with E-state index in [9.17, 15) is 0 Å². The summed E-state index contributed by atoms with van der Waals surface area (Å²) in [5.41, 5.74) is 0.314. The summed E-state index contributed by atoms with van der Waals surface area (Å²) in [7, 11) is 0. The van der Waals surface area contributed by atoms with Crippen molar-refractivity contribution in [1.29, 1.82) is 0 Å². The van der Waals surface area contributed by atoms with E-state index >= 15 is 0 Å². The molecule has 52 valence electrons. The molecule has 0 radical (unpaired) electrons. The van der Waals surface area contributed by atoms with E-state index < -0.39 is 0 Å². The minimum atomic E-state index is 0.314. The summed E-state index contributed by atoms with van der Waals surface area (Å²) in [5.74, 6) is 0. The van der Waals surface area contributed by atoms with Crippen molar-refractivity contribution in [3.8, 4) is 0 Å². The molecular weight excluding hydrogens is 110 g/mol. The predicted molar refractivity (Wildman–Crippen MR) is 40.4 cm³/mol. The molecule has 0 aromatic heterocycles. The Morgan fingerprint density at radius 1 is 1.56 bits per heavy atom. The summed E-state index contributed by atoms with van der Waals surface area (Å²) in [6.45, 7) is 6.64. The van der Waals surface area contributed by atoms with Crippen LogP contribution in [-0.2, 0) is 0 Å². The largest absolute Gasteiger partial charge is 0.306 e. The maximum Gasteiger partial charge on any atom is 0.0226 e. The predicted octanol–water partition coefficient (Wildman–Crippen LogP) is 1.70. The zero-order valence-corrected chi connectivity index (χ0v) is 6.44. The Bertz CT molecular complexity index is 125. The van der Waals surface area contributed by atoms with Crippen LogP contribution in [0.3, 0.4) is 0 Å². The highest BCUT2D eigenvalue weighted by Gasteiger charge is 2.19. The van der Waals surface area contributed by atoms with Crippen LogP contribution in [-0.4, -0.2) is 11.6 Å².